The number of hydrogen-bond acceptors (Lipinski definition) is 3. The van der Waals surface area contributed by atoms with Crippen molar-refractivity contribution < 1.29 is 4.42 Å². The zero-order chi connectivity index (χ0) is 12.5. The van der Waals surface area contributed by atoms with E-state index >= 15 is 0 Å². The number of benzene rings is 1. The second-order valence-corrected chi connectivity index (χ2v) is 5.12. The molecule has 1 heterocycles. The van der Waals surface area contributed by atoms with E-state index in [4.69, 9.17) is 21.8 Å². The molecule has 1 aromatic carbocycles. The van der Waals surface area contributed by atoms with Crippen LogP contribution in [0.15, 0.2) is 28.7 Å². The van der Waals surface area contributed by atoms with Crippen molar-refractivity contribution in [2.24, 2.45) is 11.7 Å². The molecule has 0 aliphatic heterocycles. The highest BCUT2D eigenvalue weighted by atomic mass is 35.5. The van der Waals surface area contributed by atoms with Crippen LogP contribution in [0.2, 0.25) is 5.02 Å². The van der Waals surface area contributed by atoms with E-state index < -0.39 is 0 Å². The topological polar surface area (TPSA) is 52.0 Å². The third-order valence-electron chi connectivity index (χ3n) is 3.48. The fraction of sp³-hybridized carbons (Fsp3) is 0.357. The number of aryl methyl sites for hydroxylation is 1. The van der Waals surface area contributed by atoms with Gasteiger partial charge in [-0.15, -0.1) is 0 Å². The summed E-state index contributed by atoms with van der Waals surface area (Å²) in [7, 11) is 0. The molecule has 0 amide bonds. The summed E-state index contributed by atoms with van der Waals surface area (Å²) in [6.07, 6.45) is 2.94. The number of nitrogens with zero attached hydrogens (tertiary/aromatic N) is 1. The fourth-order valence-electron chi connectivity index (χ4n) is 2.39. The van der Waals surface area contributed by atoms with Crippen molar-refractivity contribution in [3.63, 3.8) is 0 Å². The van der Waals surface area contributed by atoms with E-state index in [1.807, 2.05) is 24.3 Å². The van der Waals surface area contributed by atoms with Gasteiger partial charge >= 0.3 is 0 Å². The maximum Gasteiger partial charge on any atom is 0.228 e. The lowest BCUT2D eigenvalue weighted by Crippen LogP contribution is -2.21. The Hall–Kier alpha value is -1.32. The Bertz CT molecular complexity index is 565. The number of rotatable bonds is 2. The van der Waals surface area contributed by atoms with Crippen molar-refractivity contribution >= 4 is 11.6 Å². The van der Waals surface area contributed by atoms with Gasteiger partial charge in [-0.05, 0) is 37.4 Å². The predicted molar refractivity (Wildman–Crippen MR) is 71.5 cm³/mol. The largest absolute Gasteiger partial charge is 0.441 e. The van der Waals surface area contributed by atoms with E-state index in [0.717, 1.165) is 36.3 Å². The maximum atomic E-state index is 6.16. The Morgan fingerprint density at radius 2 is 2.22 bits per heavy atom. The zero-order valence-electron chi connectivity index (χ0n) is 10.0. The van der Waals surface area contributed by atoms with Gasteiger partial charge in [-0.3, -0.25) is 0 Å². The summed E-state index contributed by atoms with van der Waals surface area (Å²) < 4.78 is 5.85. The molecule has 1 aliphatic carbocycles. The van der Waals surface area contributed by atoms with Gasteiger partial charge in [0.05, 0.1) is 16.3 Å². The molecule has 0 fully saturated rings. The van der Waals surface area contributed by atoms with Crippen LogP contribution in [0.25, 0.3) is 11.5 Å². The molecule has 2 N–H and O–H groups in total. The smallest absolute Gasteiger partial charge is 0.228 e. The molecule has 94 valence electrons. The second-order valence-electron chi connectivity index (χ2n) is 4.71. The number of fused-ring (bicyclic) bond motifs is 1. The van der Waals surface area contributed by atoms with Crippen LogP contribution in [0.3, 0.4) is 0 Å². The average molecular weight is 263 g/mol. The van der Waals surface area contributed by atoms with Crippen molar-refractivity contribution in [2.45, 2.75) is 19.3 Å². The maximum absolute atomic E-state index is 6.16. The zero-order valence-corrected chi connectivity index (χ0v) is 10.8. The molecular weight excluding hydrogens is 248 g/mol. The molecule has 1 unspecified atom stereocenters. The van der Waals surface area contributed by atoms with Crippen LogP contribution in [0.4, 0.5) is 0 Å². The van der Waals surface area contributed by atoms with Crippen LogP contribution in [-0.2, 0) is 12.8 Å². The minimum absolute atomic E-state index is 0.518. The SMILES string of the molecule is NCC1CCc2nc(-c3ccccc3Cl)oc2C1. The van der Waals surface area contributed by atoms with Crippen LogP contribution in [0, 0.1) is 5.92 Å². The number of halogens is 1. The highest BCUT2D eigenvalue weighted by Gasteiger charge is 2.24. The molecule has 1 aromatic heterocycles. The number of oxazole rings is 1. The molecule has 1 aliphatic rings. The van der Waals surface area contributed by atoms with Gasteiger partial charge in [-0.2, -0.15) is 0 Å². The molecule has 18 heavy (non-hydrogen) atoms. The third kappa shape index (κ3) is 2.04. The van der Waals surface area contributed by atoms with Gasteiger partial charge in [0.2, 0.25) is 5.89 Å². The lowest BCUT2D eigenvalue weighted by molar-refractivity contribution is 0.401. The van der Waals surface area contributed by atoms with Gasteiger partial charge in [0.15, 0.2) is 0 Å². The molecule has 1 atom stereocenters. The molecule has 0 radical (unpaired) electrons. The molecule has 3 rings (SSSR count). The minimum Gasteiger partial charge on any atom is -0.441 e. The van der Waals surface area contributed by atoms with Crippen LogP contribution >= 0.6 is 11.6 Å². The van der Waals surface area contributed by atoms with Crippen molar-refractivity contribution in [2.75, 3.05) is 6.54 Å². The van der Waals surface area contributed by atoms with Gasteiger partial charge in [0.25, 0.3) is 0 Å². The Morgan fingerprint density at radius 3 is 3.00 bits per heavy atom. The Balaban J connectivity index is 1.97. The molecule has 0 spiro atoms. The van der Waals surface area contributed by atoms with Gasteiger partial charge in [0.1, 0.15) is 5.76 Å². The first-order valence-corrected chi connectivity index (χ1v) is 6.59. The predicted octanol–water partition coefficient (Wildman–Crippen LogP) is 3.06. The molecule has 0 saturated heterocycles. The van der Waals surface area contributed by atoms with Gasteiger partial charge in [0, 0.05) is 6.42 Å². The number of nitrogens with two attached hydrogens (primary N) is 1. The Morgan fingerprint density at radius 1 is 1.39 bits per heavy atom. The lowest BCUT2D eigenvalue weighted by atomic mass is 9.91. The van der Waals surface area contributed by atoms with E-state index in [1.54, 1.807) is 0 Å². The fourth-order valence-corrected chi connectivity index (χ4v) is 2.61. The molecule has 4 heteroatoms. The summed E-state index contributed by atoms with van der Waals surface area (Å²) in [4.78, 5) is 4.56. The van der Waals surface area contributed by atoms with Gasteiger partial charge < -0.3 is 10.2 Å². The minimum atomic E-state index is 0.518. The molecular formula is C14H15ClN2O. The number of aromatic nitrogens is 1. The highest BCUT2D eigenvalue weighted by molar-refractivity contribution is 6.33. The van der Waals surface area contributed by atoms with Crippen LogP contribution in [0.1, 0.15) is 17.9 Å². The summed E-state index contributed by atoms with van der Waals surface area (Å²) in [5.41, 5.74) is 7.64. The van der Waals surface area contributed by atoms with Crippen molar-refractivity contribution in [1.82, 2.24) is 4.98 Å². The van der Waals surface area contributed by atoms with E-state index in [0.29, 0.717) is 23.4 Å². The lowest BCUT2D eigenvalue weighted by Gasteiger charge is -2.17. The first-order valence-electron chi connectivity index (χ1n) is 6.21. The second kappa shape index (κ2) is 4.75. The summed E-state index contributed by atoms with van der Waals surface area (Å²) >= 11 is 6.16. The van der Waals surface area contributed by atoms with Crippen molar-refractivity contribution in [3.8, 4) is 11.5 Å². The van der Waals surface area contributed by atoms with E-state index in [2.05, 4.69) is 4.98 Å². The van der Waals surface area contributed by atoms with E-state index in [1.165, 1.54) is 0 Å². The first kappa shape index (κ1) is 11.8. The first-order chi connectivity index (χ1) is 8.78. The van der Waals surface area contributed by atoms with Crippen LogP contribution < -0.4 is 5.73 Å². The van der Waals surface area contributed by atoms with Crippen LogP contribution in [-0.4, -0.2) is 11.5 Å². The van der Waals surface area contributed by atoms with Crippen molar-refractivity contribution in [1.29, 1.82) is 0 Å². The van der Waals surface area contributed by atoms with Gasteiger partial charge in [-0.1, -0.05) is 23.7 Å². The molecule has 2 aromatic rings. The van der Waals surface area contributed by atoms with Crippen molar-refractivity contribution in [3.05, 3.63) is 40.7 Å². The van der Waals surface area contributed by atoms with Crippen LogP contribution in [0.5, 0.6) is 0 Å². The summed E-state index contributed by atoms with van der Waals surface area (Å²) in [5.74, 6) is 2.12. The molecule has 0 bridgehead atoms. The normalized spacial score (nSPS) is 18.7. The van der Waals surface area contributed by atoms with E-state index in [-0.39, 0.29) is 0 Å². The molecule has 0 saturated carbocycles. The average Bonchev–Trinajstić information content (AvgIpc) is 2.81. The third-order valence-corrected chi connectivity index (χ3v) is 3.81. The summed E-state index contributed by atoms with van der Waals surface area (Å²) in [6, 6.07) is 7.62. The van der Waals surface area contributed by atoms with Gasteiger partial charge in [-0.25, -0.2) is 4.98 Å². The standard InChI is InChI=1S/C14H15ClN2O/c15-11-4-2-1-3-10(11)14-17-12-6-5-9(8-16)7-13(12)18-14/h1-4,9H,5-8,16H2. The summed E-state index contributed by atoms with van der Waals surface area (Å²) in [6.45, 7) is 0.710. The summed E-state index contributed by atoms with van der Waals surface area (Å²) in [5, 5.41) is 0.673. The number of hydrogen-bond donors (Lipinski definition) is 1. The monoisotopic (exact) mass is 262 g/mol. The molecule has 3 nitrogen and oxygen atoms in total. The quantitative estimate of drug-likeness (QED) is 0.905. The highest BCUT2D eigenvalue weighted by Crippen LogP contribution is 2.32. The Labute approximate surface area is 111 Å². The Kier molecular flexibility index (Phi) is 3.10. The van der Waals surface area contributed by atoms with E-state index in [9.17, 15) is 0 Å².